The summed E-state index contributed by atoms with van der Waals surface area (Å²) in [5.74, 6) is -0.373. The molecule has 0 saturated heterocycles. The molecule has 0 amide bonds. The fraction of sp³-hybridized carbons (Fsp3) is 0.333. The highest BCUT2D eigenvalue weighted by Crippen LogP contribution is 2.52. The lowest BCUT2D eigenvalue weighted by Gasteiger charge is -2.43. The van der Waals surface area contributed by atoms with E-state index < -0.39 is 10.8 Å². The van der Waals surface area contributed by atoms with Gasteiger partial charge < -0.3 is 5.73 Å². The van der Waals surface area contributed by atoms with E-state index in [9.17, 15) is 20.2 Å². The molecular formula is C24H23ClN4O3S. The molecule has 2 heterocycles. The van der Waals surface area contributed by atoms with Crippen LogP contribution in [0.5, 0.6) is 0 Å². The van der Waals surface area contributed by atoms with Crippen LogP contribution < -0.4 is 10.6 Å². The summed E-state index contributed by atoms with van der Waals surface area (Å²) in [4.78, 5) is 27.9. The van der Waals surface area contributed by atoms with Gasteiger partial charge in [0.1, 0.15) is 5.82 Å². The van der Waals surface area contributed by atoms with Crippen LogP contribution in [0.15, 0.2) is 53.0 Å². The Morgan fingerprint density at radius 2 is 2.06 bits per heavy atom. The Labute approximate surface area is 200 Å². The zero-order valence-electron chi connectivity index (χ0n) is 18.5. The SMILES string of the molecule is CCc1ccc([C@@H]2C(C#N)=C(N)N(c3ccc([N+](=O)[O-])cc3Cl)C3=C2C(=O)CC(C)(C)C3)s1. The number of ketones is 1. The first-order valence-corrected chi connectivity index (χ1v) is 11.8. The van der Waals surface area contributed by atoms with Gasteiger partial charge in [0.25, 0.3) is 5.69 Å². The molecule has 1 aliphatic heterocycles. The number of benzene rings is 1. The third-order valence-electron chi connectivity index (χ3n) is 6.08. The summed E-state index contributed by atoms with van der Waals surface area (Å²) in [6.45, 7) is 6.09. The van der Waals surface area contributed by atoms with Crippen molar-refractivity contribution in [1.82, 2.24) is 0 Å². The molecule has 1 aliphatic carbocycles. The number of anilines is 1. The summed E-state index contributed by atoms with van der Waals surface area (Å²) < 4.78 is 0. The molecule has 0 bridgehead atoms. The second kappa shape index (κ2) is 8.32. The summed E-state index contributed by atoms with van der Waals surface area (Å²) in [7, 11) is 0. The van der Waals surface area contributed by atoms with Crippen molar-refractivity contribution < 1.29 is 9.72 Å². The lowest BCUT2D eigenvalue weighted by atomic mass is 9.69. The topological polar surface area (TPSA) is 113 Å². The average molecular weight is 483 g/mol. The van der Waals surface area contributed by atoms with E-state index in [0.717, 1.165) is 16.2 Å². The van der Waals surface area contributed by atoms with Gasteiger partial charge in [0.2, 0.25) is 0 Å². The summed E-state index contributed by atoms with van der Waals surface area (Å²) in [6.07, 6.45) is 1.76. The number of halogens is 1. The van der Waals surface area contributed by atoms with Gasteiger partial charge in [-0.1, -0.05) is 32.4 Å². The van der Waals surface area contributed by atoms with Crippen LogP contribution >= 0.6 is 22.9 Å². The number of hydrogen-bond donors (Lipinski definition) is 1. The second-order valence-electron chi connectivity index (χ2n) is 9.03. The molecule has 0 unspecified atom stereocenters. The number of nitrogens with zero attached hydrogens (tertiary/aromatic N) is 3. The first kappa shape index (κ1) is 23.0. The predicted octanol–water partition coefficient (Wildman–Crippen LogP) is 5.81. The first-order valence-electron chi connectivity index (χ1n) is 10.6. The van der Waals surface area contributed by atoms with Crippen molar-refractivity contribution in [2.75, 3.05) is 4.90 Å². The minimum Gasteiger partial charge on any atom is -0.384 e. The summed E-state index contributed by atoms with van der Waals surface area (Å²) in [5.41, 5.74) is 8.05. The molecule has 0 saturated carbocycles. The number of non-ortho nitro benzene ring substituents is 1. The zero-order chi connectivity index (χ0) is 24.1. The molecule has 0 spiro atoms. The standard InChI is InChI=1S/C24H23ClN4O3S/c1-4-14-6-8-20(33-14)21-15(12-26)23(27)28(17-7-5-13(29(31)32)9-16(17)25)18-10-24(2,3)11-19(30)22(18)21/h5-9,21H,4,10-11,27H2,1-3H3/t21-/m0/s1. The molecule has 170 valence electrons. The number of nitro benzene ring substituents is 1. The molecule has 1 aromatic carbocycles. The van der Waals surface area contributed by atoms with Gasteiger partial charge in [-0.2, -0.15) is 5.26 Å². The predicted molar refractivity (Wildman–Crippen MR) is 129 cm³/mol. The van der Waals surface area contributed by atoms with Crippen LogP contribution in [-0.2, 0) is 11.2 Å². The molecule has 2 aromatic rings. The highest BCUT2D eigenvalue weighted by molar-refractivity contribution is 7.12. The largest absolute Gasteiger partial charge is 0.384 e. The van der Waals surface area contributed by atoms with Gasteiger partial charge >= 0.3 is 0 Å². The van der Waals surface area contributed by atoms with E-state index in [0.29, 0.717) is 29.8 Å². The molecular weight excluding hydrogens is 460 g/mol. The van der Waals surface area contributed by atoms with Crippen molar-refractivity contribution in [2.24, 2.45) is 11.1 Å². The number of nitrogens with two attached hydrogens (primary N) is 1. The number of thiophene rings is 1. The monoisotopic (exact) mass is 482 g/mol. The Morgan fingerprint density at radius 1 is 1.33 bits per heavy atom. The van der Waals surface area contributed by atoms with Crippen LogP contribution in [0.1, 0.15) is 49.3 Å². The van der Waals surface area contributed by atoms with E-state index in [4.69, 9.17) is 17.3 Å². The number of allylic oxidation sites excluding steroid dienone is 3. The number of aryl methyl sites for hydroxylation is 1. The lowest BCUT2D eigenvalue weighted by Crippen LogP contribution is -2.42. The van der Waals surface area contributed by atoms with Crippen molar-refractivity contribution in [3.8, 4) is 6.07 Å². The van der Waals surface area contributed by atoms with Crippen molar-refractivity contribution in [3.05, 3.63) is 77.9 Å². The van der Waals surface area contributed by atoms with E-state index in [1.807, 2.05) is 26.0 Å². The van der Waals surface area contributed by atoms with Crippen LogP contribution in [0.25, 0.3) is 0 Å². The fourth-order valence-electron chi connectivity index (χ4n) is 4.60. The Morgan fingerprint density at radius 3 is 2.64 bits per heavy atom. The van der Waals surface area contributed by atoms with Crippen LogP contribution in [0.3, 0.4) is 0 Å². The molecule has 2 N–H and O–H groups in total. The van der Waals surface area contributed by atoms with Gasteiger partial charge in [-0.15, -0.1) is 11.3 Å². The molecule has 2 aliphatic rings. The average Bonchev–Trinajstić information content (AvgIpc) is 3.21. The van der Waals surface area contributed by atoms with E-state index in [1.165, 1.54) is 18.2 Å². The Balaban J connectivity index is 1.98. The van der Waals surface area contributed by atoms with Gasteiger partial charge in [-0.25, -0.2) is 0 Å². The van der Waals surface area contributed by atoms with Crippen LogP contribution in [-0.4, -0.2) is 10.7 Å². The lowest BCUT2D eigenvalue weighted by molar-refractivity contribution is -0.384. The molecule has 9 heteroatoms. The number of nitro groups is 1. The summed E-state index contributed by atoms with van der Waals surface area (Å²) in [6, 6.07) is 10.3. The van der Waals surface area contributed by atoms with Crippen molar-refractivity contribution in [3.63, 3.8) is 0 Å². The van der Waals surface area contributed by atoms with Gasteiger partial charge in [0.05, 0.1) is 33.2 Å². The minimum atomic E-state index is -0.535. The normalized spacial score (nSPS) is 20.0. The van der Waals surface area contributed by atoms with Crippen molar-refractivity contribution >= 4 is 40.1 Å². The zero-order valence-corrected chi connectivity index (χ0v) is 20.1. The molecule has 0 radical (unpaired) electrons. The summed E-state index contributed by atoms with van der Waals surface area (Å²) >= 11 is 8.04. The Hall–Kier alpha value is -3.15. The summed E-state index contributed by atoms with van der Waals surface area (Å²) in [5, 5.41) is 21.4. The number of Topliss-reactive ketones (excluding diaryl/α,β-unsaturated/α-hetero) is 1. The number of rotatable bonds is 4. The molecule has 1 aromatic heterocycles. The highest BCUT2D eigenvalue weighted by Gasteiger charge is 2.45. The minimum absolute atomic E-state index is 0.0269. The smallest absolute Gasteiger partial charge is 0.271 e. The molecule has 33 heavy (non-hydrogen) atoms. The van der Waals surface area contributed by atoms with Gasteiger partial charge in [0, 0.05) is 39.6 Å². The Kier molecular flexibility index (Phi) is 5.81. The van der Waals surface area contributed by atoms with E-state index in [2.05, 4.69) is 13.0 Å². The van der Waals surface area contributed by atoms with Crippen LogP contribution in [0.4, 0.5) is 11.4 Å². The Bertz CT molecular complexity index is 1280. The number of carbonyl (C=O) groups is 1. The molecule has 0 fully saturated rings. The van der Waals surface area contributed by atoms with E-state index in [1.54, 1.807) is 16.2 Å². The van der Waals surface area contributed by atoms with Crippen LogP contribution in [0.2, 0.25) is 5.02 Å². The highest BCUT2D eigenvalue weighted by atomic mass is 35.5. The molecule has 1 atom stereocenters. The molecule has 7 nitrogen and oxygen atoms in total. The number of carbonyl (C=O) groups excluding carboxylic acids is 1. The van der Waals surface area contributed by atoms with Crippen molar-refractivity contribution in [1.29, 1.82) is 5.26 Å². The van der Waals surface area contributed by atoms with E-state index in [-0.39, 0.29) is 33.3 Å². The first-order chi connectivity index (χ1) is 15.6. The fourth-order valence-corrected chi connectivity index (χ4v) is 5.93. The maximum Gasteiger partial charge on any atom is 0.271 e. The van der Waals surface area contributed by atoms with Crippen LogP contribution in [0, 0.1) is 26.9 Å². The maximum atomic E-state index is 13.5. The number of hydrogen-bond acceptors (Lipinski definition) is 7. The second-order valence-corrected chi connectivity index (χ2v) is 10.6. The maximum absolute atomic E-state index is 13.5. The third-order valence-corrected chi connectivity index (χ3v) is 7.68. The quantitative estimate of drug-likeness (QED) is 0.434. The number of nitriles is 1. The molecule has 4 rings (SSSR count). The van der Waals surface area contributed by atoms with Gasteiger partial charge in [-0.05, 0) is 36.5 Å². The van der Waals surface area contributed by atoms with Crippen molar-refractivity contribution in [2.45, 2.75) is 46.0 Å². The van der Waals surface area contributed by atoms with Gasteiger partial charge in [-0.3, -0.25) is 19.8 Å². The van der Waals surface area contributed by atoms with Gasteiger partial charge in [0.15, 0.2) is 5.78 Å². The van der Waals surface area contributed by atoms with E-state index >= 15 is 0 Å². The third kappa shape index (κ3) is 3.92.